The van der Waals surface area contributed by atoms with Gasteiger partial charge in [0.05, 0.1) is 12.5 Å². The van der Waals surface area contributed by atoms with E-state index in [4.69, 9.17) is 4.74 Å². The van der Waals surface area contributed by atoms with E-state index in [2.05, 4.69) is 17.0 Å². The van der Waals surface area contributed by atoms with Crippen molar-refractivity contribution in [3.63, 3.8) is 0 Å². The second-order valence-corrected chi connectivity index (χ2v) is 5.24. The summed E-state index contributed by atoms with van der Waals surface area (Å²) in [6, 6.07) is 19.8. The topological polar surface area (TPSA) is 29.5 Å². The Morgan fingerprint density at radius 1 is 1.00 bits per heavy atom. The summed E-state index contributed by atoms with van der Waals surface area (Å²) in [5, 5.41) is 0. The van der Waals surface area contributed by atoms with Crippen LogP contribution in [0, 0.1) is 0 Å². The molecule has 0 saturated carbocycles. The molecule has 0 amide bonds. The van der Waals surface area contributed by atoms with Crippen molar-refractivity contribution < 1.29 is 9.53 Å². The van der Waals surface area contributed by atoms with Crippen LogP contribution in [0.5, 0.6) is 0 Å². The van der Waals surface area contributed by atoms with Gasteiger partial charge in [0.2, 0.25) is 0 Å². The first-order valence-electron chi connectivity index (χ1n) is 7.07. The smallest absolute Gasteiger partial charge is 0.310 e. The number of carbonyl (C=O) groups excluding carboxylic acids is 1. The van der Waals surface area contributed by atoms with Crippen LogP contribution < -0.4 is 0 Å². The minimum Gasteiger partial charge on any atom is -0.463 e. The molecule has 0 aromatic heterocycles. The number of likely N-dealkylation sites (N-methyl/N-ethyl adjacent to an activating group) is 1. The number of benzene rings is 2. The molecule has 0 bridgehead atoms. The summed E-state index contributed by atoms with van der Waals surface area (Å²) >= 11 is 0. The van der Waals surface area contributed by atoms with Gasteiger partial charge >= 0.3 is 5.97 Å². The van der Waals surface area contributed by atoms with Gasteiger partial charge in [-0.15, -0.1) is 0 Å². The van der Waals surface area contributed by atoms with Crippen LogP contribution in [0.4, 0.5) is 0 Å². The predicted octanol–water partition coefficient (Wildman–Crippen LogP) is 3.08. The third kappa shape index (κ3) is 4.72. The lowest BCUT2D eigenvalue weighted by Gasteiger charge is -2.24. The molecule has 0 N–H and O–H groups in total. The highest BCUT2D eigenvalue weighted by molar-refractivity contribution is 5.72. The fraction of sp³-hybridized carbons (Fsp3) is 0.278. The lowest BCUT2D eigenvalue weighted by Crippen LogP contribution is -2.26. The zero-order valence-corrected chi connectivity index (χ0v) is 12.5. The normalized spacial score (nSPS) is 12.1. The molecule has 0 radical (unpaired) electrons. The van der Waals surface area contributed by atoms with Crippen LogP contribution in [0.25, 0.3) is 0 Å². The SMILES string of the molecule is CN(C)C(COC(=O)Cc1ccccc1)c1ccccc1. The second-order valence-electron chi connectivity index (χ2n) is 5.24. The lowest BCUT2D eigenvalue weighted by molar-refractivity contribution is -0.144. The summed E-state index contributed by atoms with van der Waals surface area (Å²) in [6.07, 6.45) is 0.315. The third-order valence-electron chi connectivity index (χ3n) is 3.40. The van der Waals surface area contributed by atoms with Crippen molar-refractivity contribution >= 4 is 5.97 Å². The van der Waals surface area contributed by atoms with Crippen LogP contribution in [0.3, 0.4) is 0 Å². The van der Waals surface area contributed by atoms with E-state index in [-0.39, 0.29) is 12.0 Å². The molecule has 0 heterocycles. The Morgan fingerprint density at radius 3 is 2.14 bits per heavy atom. The second kappa shape index (κ2) is 7.60. The summed E-state index contributed by atoms with van der Waals surface area (Å²) in [4.78, 5) is 14.0. The number of carbonyl (C=O) groups is 1. The maximum atomic E-state index is 11.9. The third-order valence-corrected chi connectivity index (χ3v) is 3.40. The Kier molecular flexibility index (Phi) is 5.52. The van der Waals surface area contributed by atoms with E-state index in [0.29, 0.717) is 13.0 Å². The molecule has 0 fully saturated rings. The lowest BCUT2D eigenvalue weighted by atomic mass is 10.1. The number of hydrogen-bond acceptors (Lipinski definition) is 3. The molecule has 0 aliphatic rings. The first-order valence-corrected chi connectivity index (χ1v) is 7.07. The van der Waals surface area contributed by atoms with Gasteiger partial charge in [0.25, 0.3) is 0 Å². The largest absolute Gasteiger partial charge is 0.463 e. The van der Waals surface area contributed by atoms with E-state index in [0.717, 1.165) is 11.1 Å². The number of esters is 1. The van der Waals surface area contributed by atoms with Crippen molar-refractivity contribution in [2.24, 2.45) is 0 Å². The van der Waals surface area contributed by atoms with Crippen LogP contribution >= 0.6 is 0 Å². The van der Waals surface area contributed by atoms with Gasteiger partial charge in [0.1, 0.15) is 6.61 Å². The number of ether oxygens (including phenoxy) is 1. The fourth-order valence-electron chi connectivity index (χ4n) is 2.20. The minimum atomic E-state index is -0.191. The van der Waals surface area contributed by atoms with Crippen molar-refractivity contribution in [3.05, 3.63) is 71.8 Å². The summed E-state index contributed by atoms with van der Waals surface area (Å²) < 4.78 is 5.44. The molecule has 2 aromatic carbocycles. The first kappa shape index (κ1) is 15.3. The van der Waals surface area contributed by atoms with Crippen molar-refractivity contribution in [3.8, 4) is 0 Å². The van der Waals surface area contributed by atoms with Gasteiger partial charge in [0.15, 0.2) is 0 Å². The monoisotopic (exact) mass is 283 g/mol. The van der Waals surface area contributed by atoms with Gasteiger partial charge < -0.3 is 4.74 Å². The van der Waals surface area contributed by atoms with E-state index in [1.807, 2.05) is 62.6 Å². The summed E-state index contributed by atoms with van der Waals surface area (Å²) in [7, 11) is 3.98. The van der Waals surface area contributed by atoms with Crippen molar-refractivity contribution in [2.45, 2.75) is 12.5 Å². The van der Waals surface area contributed by atoms with Crippen molar-refractivity contribution in [2.75, 3.05) is 20.7 Å². The molecule has 1 unspecified atom stereocenters. The van der Waals surface area contributed by atoms with E-state index in [1.54, 1.807) is 0 Å². The molecular weight excluding hydrogens is 262 g/mol. The van der Waals surface area contributed by atoms with Crippen LogP contribution in [-0.4, -0.2) is 31.6 Å². The van der Waals surface area contributed by atoms with Gasteiger partial charge in [-0.25, -0.2) is 0 Å². The van der Waals surface area contributed by atoms with Crippen LogP contribution in [0.2, 0.25) is 0 Å². The Balaban J connectivity index is 1.92. The van der Waals surface area contributed by atoms with Gasteiger partial charge in [-0.05, 0) is 25.2 Å². The zero-order valence-electron chi connectivity index (χ0n) is 12.5. The van der Waals surface area contributed by atoms with E-state index in [1.165, 1.54) is 0 Å². The molecule has 3 nitrogen and oxygen atoms in total. The molecule has 2 rings (SSSR count). The minimum absolute atomic E-state index is 0.0749. The van der Waals surface area contributed by atoms with Gasteiger partial charge in [-0.1, -0.05) is 60.7 Å². The number of nitrogens with zero attached hydrogens (tertiary/aromatic N) is 1. The summed E-state index contributed by atoms with van der Waals surface area (Å²) in [5.74, 6) is -0.191. The Hall–Kier alpha value is -2.13. The summed E-state index contributed by atoms with van der Waals surface area (Å²) in [5.41, 5.74) is 2.12. The maximum absolute atomic E-state index is 11.9. The van der Waals surface area contributed by atoms with Crippen molar-refractivity contribution in [1.29, 1.82) is 0 Å². The summed E-state index contributed by atoms with van der Waals surface area (Å²) in [6.45, 7) is 0.364. The van der Waals surface area contributed by atoms with Gasteiger partial charge in [-0.3, -0.25) is 9.69 Å². The highest BCUT2D eigenvalue weighted by Crippen LogP contribution is 2.18. The van der Waals surface area contributed by atoms with Crippen LogP contribution in [0.1, 0.15) is 17.2 Å². The van der Waals surface area contributed by atoms with E-state index >= 15 is 0 Å². The Bertz CT molecular complexity index is 552. The molecule has 1 atom stereocenters. The molecular formula is C18H21NO2. The highest BCUT2D eigenvalue weighted by Gasteiger charge is 2.16. The number of rotatable bonds is 6. The Labute approximate surface area is 126 Å². The quantitative estimate of drug-likeness (QED) is 0.763. The van der Waals surface area contributed by atoms with Crippen LogP contribution in [0.15, 0.2) is 60.7 Å². The maximum Gasteiger partial charge on any atom is 0.310 e. The molecule has 0 aliphatic heterocycles. The van der Waals surface area contributed by atoms with Crippen molar-refractivity contribution in [1.82, 2.24) is 4.90 Å². The molecule has 2 aromatic rings. The van der Waals surface area contributed by atoms with E-state index < -0.39 is 0 Å². The average Bonchev–Trinajstić information content (AvgIpc) is 2.49. The molecule has 0 saturated heterocycles. The standard InChI is InChI=1S/C18H21NO2/c1-19(2)17(16-11-7-4-8-12-16)14-21-18(20)13-15-9-5-3-6-10-15/h3-12,17H,13-14H2,1-2H3. The molecule has 3 heteroatoms. The molecule has 0 aliphatic carbocycles. The molecule has 0 spiro atoms. The number of hydrogen-bond donors (Lipinski definition) is 0. The van der Waals surface area contributed by atoms with Gasteiger partial charge in [-0.2, -0.15) is 0 Å². The van der Waals surface area contributed by atoms with Gasteiger partial charge in [0, 0.05) is 0 Å². The fourth-order valence-corrected chi connectivity index (χ4v) is 2.20. The zero-order chi connectivity index (χ0) is 15.1. The Morgan fingerprint density at radius 2 is 1.57 bits per heavy atom. The molecule has 21 heavy (non-hydrogen) atoms. The highest BCUT2D eigenvalue weighted by atomic mass is 16.5. The van der Waals surface area contributed by atoms with E-state index in [9.17, 15) is 4.79 Å². The van der Waals surface area contributed by atoms with Crippen LogP contribution in [-0.2, 0) is 16.0 Å². The average molecular weight is 283 g/mol. The predicted molar refractivity (Wildman–Crippen MR) is 84.0 cm³/mol. The molecule has 110 valence electrons. The first-order chi connectivity index (χ1) is 10.2.